The van der Waals surface area contributed by atoms with Gasteiger partial charge in [0.1, 0.15) is 0 Å². The van der Waals surface area contributed by atoms with E-state index >= 15 is 0 Å². The van der Waals surface area contributed by atoms with Crippen molar-refractivity contribution < 1.29 is 13.2 Å². The van der Waals surface area contributed by atoms with Crippen molar-refractivity contribution in [1.82, 2.24) is 0 Å². The number of thioether (sulfide) groups is 1. The van der Waals surface area contributed by atoms with Gasteiger partial charge in [-0.15, -0.1) is 11.8 Å². The summed E-state index contributed by atoms with van der Waals surface area (Å²) in [6, 6.07) is 14.4. The Kier molecular flexibility index (Phi) is 7.37. The fraction of sp³-hybridized carbons (Fsp3) is 0.278. The number of carbonyl (C=O) groups excluding carboxylic acids is 1. The van der Waals surface area contributed by atoms with Crippen LogP contribution in [0.2, 0.25) is 5.02 Å². The normalized spacial score (nSPS) is 11.2. The molecule has 2 aromatic carbocycles. The van der Waals surface area contributed by atoms with Gasteiger partial charge in [0.2, 0.25) is 15.9 Å². The lowest BCUT2D eigenvalue weighted by molar-refractivity contribution is -0.116. The summed E-state index contributed by atoms with van der Waals surface area (Å²) < 4.78 is 24.4. The van der Waals surface area contributed by atoms with Crippen LogP contribution in [-0.4, -0.2) is 33.4 Å². The number of nitrogens with zero attached hydrogens (tertiary/aromatic N) is 1. The van der Waals surface area contributed by atoms with Gasteiger partial charge in [0, 0.05) is 29.1 Å². The van der Waals surface area contributed by atoms with Crippen molar-refractivity contribution in [2.24, 2.45) is 0 Å². The molecular weight excluding hydrogens is 392 g/mol. The maximum Gasteiger partial charge on any atom is 0.231 e. The Morgan fingerprint density at radius 2 is 1.88 bits per heavy atom. The molecule has 0 unspecified atom stereocenters. The molecule has 2 aromatic rings. The Balaban J connectivity index is 1.81. The molecule has 0 fully saturated rings. The smallest absolute Gasteiger partial charge is 0.231 e. The molecule has 8 heteroatoms. The highest BCUT2D eigenvalue weighted by atomic mass is 35.5. The van der Waals surface area contributed by atoms with Crippen LogP contribution in [0.4, 0.5) is 11.4 Å². The van der Waals surface area contributed by atoms with E-state index in [4.69, 9.17) is 11.6 Å². The van der Waals surface area contributed by atoms with Gasteiger partial charge in [0.05, 0.1) is 11.9 Å². The first kappa shape index (κ1) is 20.6. The van der Waals surface area contributed by atoms with Gasteiger partial charge in [-0.3, -0.25) is 9.10 Å². The van der Waals surface area contributed by atoms with Crippen molar-refractivity contribution in [2.45, 2.75) is 17.7 Å². The molecule has 0 spiro atoms. The SMILES string of the molecule is CN(c1cccc(NC(=O)CCCSc2ccc(Cl)cc2)c1)S(C)(=O)=O. The Labute approximate surface area is 163 Å². The third-order valence-electron chi connectivity index (χ3n) is 3.62. The lowest BCUT2D eigenvalue weighted by atomic mass is 10.2. The van der Waals surface area contributed by atoms with Gasteiger partial charge in [-0.05, 0) is 54.6 Å². The van der Waals surface area contributed by atoms with E-state index in [0.29, 0.717) is 22.8 Å². The summed E-state index contributed by atoms with van der Waals surface area (Å²) in [6.45, 7) is 0. The summed E-state index contributed by atoms with van der Waals surface area (Å²) in [7, 11) is -1.86. The van der Waals surface area contributed by atoms with Crippen molar-refractivity contribution >= 4 is 50.7 Å². The van der Waals surface area contributed by atoms with Gasteiger partial charge in [-0.25, -0.2) is 8.42 Å². The monoisotopic (exact) mass is 412 g/mol. The largest absolute Gasteiger partial charge is 0.326 e. The second kappa shape index (κ2) is 9.30. The Morgan fingerprint density at radius 1 is 1.19 bits per heavy atom. The van der Waals surface area contributed by atoms with Gasteiger partial charge in [0.15, 0.2) is 0 Å². The summed E-state index contributed by atoms with van der Waals surface area (Å²) in [5.74, 6) is 0.729. The number of benzene rings is 2. The molecule has 0 saturated heterocycles. The van der Waals surface area contributed by atoms with Gasteiger partial charge in [-0.2, -0.15) is 0 Å². The predicted octanol–water partition coefficient (Wildman–Crippen LogP) is 4.25. The Hall–Kier alpha value is -1.70. The van der Waals surface area contributed by atoms with Crippen LogP contribution in [0.25, 0.3) is 0 Å². The van der Waals surface area contributed by atoms with Crippen molar-refractivity contribution in [3.63, 3.8) is 0 Å². The minimum Gasteiger partial charge on any atom is -0.326 e. The first-order valence-corrected chi connectivity index (χ1v) is 11.2. The van der Waals surface area contributed by atoms with Gasteiger partial charge < -0.3 is 5.32 Å². The average Bonchev–Trinajstić information content (AvgIpc) is 2.59. The molecule has 0 aliphatic carbocycles. The fourth-order valence-electron chi connectivity index (χ4n) is 2.15. The lowest BCUT2D eigenvalue weighted by Gasteiger charge is -2.17. The van der Waals surface area contributed by atoms with E-state index in [0.717, 1.165) is 23.3 Å². The Morgan fingerprint density at radius 3 is 2.54 bits per heavy atom. The number of anilines is 2. The number of nitrogens with one attached hydrogen (secondary N) is 1. The van der Waals surface area contributed by atoms with E-state index in [1.165, 1.54) is 11.4 Å². The maximum atomic E-state index is 12.1. The first-order valence-electron chi connectivity index (χ1n) is 7.98. The molecule has 0 saturated carbocycles. The van der Waals surface area contributed by atoms with E-state index in [9.17, 15) is 13.2 Å². The predicted molar refractivity (Wildman–Crippen MR) is 110 cm³/mol. The van der Waals surface area contributed by atoms with Crippen LogP contribution < -0.4 is 9.62 Å². The molecule has 0 atom stereocenters. The van der Waals surface area contributed by atoms with Crippen molar-refractivity contribution in [3.05, 3.63) is 53.6 Å². The molecule has 0 aliphatic rings. The molecule has 26 heavy (non-hydrogen) atoms. The highest BCUT2D eigenvalue weighted by Crippen LogP contribution is 2.22. The minimum absolute atomic E-state index is 0.0964. The molecule has 1 N–H and O–H groups in total. The summed E-state index contributed by atoms with van der Waals surface area (Å²) in [6.07, 6.45) is 2.27. The molecule has 5 nitrogen and oxygen atoms in total. The van der Waals surface area contributed by atoms with Crippen LogP contribution in [0, 0.1) is 0 Å². The molecule has 0 bridgehead atoms. The number of sulfonamides is 1. The van der Waals surface area contributed by atoms with Gasteiger partial charge in [-0.1, -0.05) is 17.7 Å². The number of rotatable bonds is 8. The van der Waals surface area contributed by atoms with E-state index in [2.05, 4.69) is 5.32 Å². The van der Waals surface area contributed by atoms with Crippen LogP contribution >= 0.6 is 23.4 Å². The Bertz CT molecular complexity index is 855. The zero-order valence-corrected chi connectivity index (χ0v) is 17.0. The van der Waals surface area contributed by atoms with Crippen molar-refractivity contribution in [1.29, 1.82) is 0 Å². The van der Waals surface area contributed by atoms with Crippen LogP contribution in [0.3, 0.4) is 0 Å². The fourth-order valence-corrected chi connectivity index (χ4v) is 3.62. The van der Waals surface area contributed by atoms with Crippen LogP contribution in [0.5, 0.6) is 0 Å². The summed E-state index contributed by atoms with van der Waals surface area (Å²) in [4.78, 5) is 13.2. The van der Waals surface area contributed by atoms with Crippen LogP contribution in [0.1, 0.15) is 12.8 Å². The minimum atomic E-state index is -3.34. The number of hydrogen-bond acceptors (Lipinski definition) is 4. The maximum absolute atomic E-state index is 12.1. The molecule has 0 aliphatic heterocycles. The summed E-state index contributed by atoms with van der Waals surface area (Å²) in [5.41, 5.74) is 1.08. The molecule has 0 heterocycles. The van der Waals surface area contributed by atoms with Crippen LogP contribution in [-0.2, 0) is 14.8 Å². The third-order valence-corrected chi connectivity index (χ3v) is 6.18. The number of hydrogen-bond donors (Lipinski definition) is 1. The number of halogens is 1. The standard InChI is InChI=1S/C18H21ClN2O3S2/c1-21(26(2,23)24)16-6-3-5-15(13-16)20-18(22)7-4-12-25-17-10-8-14(19)9-11-17/h3,5-6,8-11,13H,4,7,12H2,1-2H3,(H,20,22). The number of amides is 1. The van der Waals surface area contributed by atoms with Gasteiger partial charge in [0.25, 0.3) is 0 Å². The first-order chi connectivity index (χ1) is 12.3. The quantitative estimate of drug-likeness (QED) is 0.520. The van der Waals surface area contributed by atoms with E-state index < -0.39 is 10.0 Å². The highest BCUT2D eigenvalue weighted by Gasteiger charge is 2.12. The van der Waals surface area contributed by atoms with Crippen LogP contribution in [0.15, 0.2) is 53.4 Å². The molecule has 0 aromatic heterocycles. The summed E-state index contributed by atoms with van der Waals surface area (Å²) >= 11 is 7.52. The molecular formula is C18H21ClN2O3S2. The van der Waals surface area contributed by atoms with E-state index in [1.54, 1.807) is 36.0 Å². The zero-order chi connectivity index (χ0) is 19.2. The lowest BCUT2D eigenvalue weighted by Crippen LogP contribution is -2.24. The number of carbonyl (C=O) groups is 1. The molecule has 0 radical (unpaired) electrons. The molecule has 1 amide bonds. The second-order valence-electron chi connectivity index (χ2n) is 5.73. The molecule has 140 valence electrons. The average molecular weight is 413 g/mol. The van der Waals surface area contributed by atoms with Crippen molar-refractivity contribution in [2.75, 3.05) is 28.7 Å². The summed E-state index contributed by atoms with van der Waals surface area (Å²) in [5, 5.41) is 3.51. The third kappa shape index (κ3) is 6.55. The van der Waals surface area contributed by atoms with Crippen molar-refractivity contribution in [3.8, 4) is 0 Å². The van der Waals surface area contributed by atoms with E-state index in [1.807, 2.05) is 24.3 Å². The van der Waals surface area contributed by atoms with Gasteiger partial charge >= 0.3 is 0 Å². The topological polar surface area (TPSA) is 66.5 Å². The van der Waals surface area contributed by atoms with E-state index in [-0.39, 0.29) is 5.91 Å². The molecule has 2 rings (SSSR count). The highest BCUT2D eigenvalue weighted by molar-refractivity contribution is 7.99. The second-order valence-corrected chi connectivity index (χ2v) is 9.35. The zero-order valence-electron chi connectivity index (χ0n) is 14.6.